The van der Waals surface area contributed by atoms with Gasteiger partial charge < -0.3 is 25.1 Å². The molecule has 0 spiro atoms. The van der Waals surface area contributed by atoms with Gasteiger partial charge in [-0.3, -0.25) is 0 Å². The van der Waals surface area contributed by atoms with Crippen molar-refractivity contribution in [3.63, 3.8) is 0 Å². The molecule has 7 heteroatoms. The molecule has 0 saturated heterocycles. The molecular weight excluding hydrogens is 420 g/mol. The Labute approximate surface area is 190 Å². The van der Waals surface area contributed by atoms with Crippen LogP contribution in [0.25, 0.3) is 0 Å². The van der Waals surface area contributed by atoms with Gasteiger partial charge in [0.05, 0.1) is 0 Å². The molecule has 0 bridgehead atoms. The van der Waals surface area contributed by atoms with Crippen molar-refractivity contribution in [2.24, 2.45) is 0 Å². The summed E-state index contributed by atoms with van der Waals surface area (Å²) < 4.78 is 17.8. The number of rotatable bonds is 12. The molecule has 0 radical (unpaired) electrons. The van der Waals surface area contributed by atoms with Crippen molar-refractivity contribution in [3.05, 3.63) is 47.5 Å². The molecule has 0 unspecified atom stereocenters. The SMILES string of the molecule is CO[Si](C)(C)CCCc1c(N)ccc(Oc2ccc(N)cc2)c1CCC[Si](C)(C)OC. The van der Waals surface area contributed by atoms with Gasteiger partial charge in [0.15, 0.2) is 16.6 Å². The van der Waals surface area contributed by atoms with Gasteiger partial charge in [0.2, 0.25) is 0 Å². The lowest BCUT2D eigenvalue weighted by molar-refractivity contribution is 0.401. The molecule has 2 aromatic carbocycles. The van der Waals surface area contributed by atoms with Gasteiger partial charge in [-0.15, -0.1) is 0 Å². The first-order valence-corrected chi connectivity index (χ1v) is 17.3. The third-order valence-electron chi connectivity index (χ3n) is 6.05. The molecule has 0 aromatic heterocycles. The highest BCUT2D eigenvalue weighted by atomic mass is 28.4. The van der Waals surface area contributed by atoms with Crippen LogP contribution in [0, 0.1) is 0 Å². The summed E-state index contributed by atoms with van der Waals surface area (Å²) in [5.41, 5.74) is 16.3. The Balaban J connectivity index is 2.28. The summed E-state index contributed by atoms with van der Waals surface area (Å²) in [6, 6.07) is 13.7. The van der Waals surface area contributed by atoms with E-state index in [0.717, 1.165) is 60.6 Å². The molecule has 0 aliphatic heterocycles. The van der Waals surface area contributed by atoms with E-state index >= 15 is 0 Å². The third kappa shape index (κ3) is 7.99. The second-order valence-electron chi connectivity index (χ2n) is 9.42. The molecule has 2 rings (SSSR count). The summed E-state index contributed by atoms with van der Waals surface area (Å²) in [5, 5.41) is 0. The average Bonchev–Trinajstić information content (AvgIpc) is 2.73. The summed E-state index contributed by atoms with van der Waals surface area (Å²) in [4.78, 5) is 0. The zero-order valence-electron chi connectivity index (χ0n) is 20.1. The summed E-state index contributed by atoms with van der Waals surface area (Å²) in [6.45, 7) is 9.04. The predicted octanol–water partition coefficient (Wildman–Crippen LogP) is 6.21. The van der Waals surface area contributed by atoms with Crippen LogP contribution in [0.4, 0.5) is 11.4 Å². The van der Waals surface area contributed by atoms with E-state index in [-0.39, 0.29) is 0 Å². The van der Waals surface area contributed by atoms with Crippen LogP contribution in [0.3, 0.4) is 0 Å². The van der Waals surface area contributed by atoms with Crippen LogP contribution in [0.5, 0.6) is 11.5 Å². The monoisotopic (exact) mass is 460 g/mol. The van der Waals surface area contributed by atoms with E-state index in [9.17, 15) is 0 Å². The van der Waals surface area contributed by atoms with Crippen LogP contribution < -0.4 is 16.2 Å². The van der Waals surface area contributed by atoms with Gasteiger partial charge in [0.25, 0.3) is 0 Å². The van der Waals surface area contributed by atoms with Crippen molar-refractivity contribution in [2.45, 2.75) is 64.0 Å². The molecule has 0 atom stereocenters. The number of hydrogen-bond donors (Lipinski definition) is 2. The summed E-state index contributed by atoms with van der Waals surface area (Å²) >= 11 is 0. The molecule has 0 aliphatic carbocycles. The van der Waals surface area contributed by atoms with Crippen LogP contribution in [0.2, 0.25) is 38.3 Å². The summed E-state index contributed by atoms with van der Waals surface area (Å²) in [5.74, 6) is 1.67. The predicted molar refractivity (Wildman–Crippen MR) is 137 cm³/mol. The second kappa shape index (κ2) is 11.2. The Morgan fingerprint density at radius 2 is 1.23 bits per heavy atom. The zero-order chi connectivity index (χ0) is 23.1. The Hall–Kier alpha value is -1.81. The first-order valence-electron chi connectivity index (χ1n) is 11.1. The number of nitrogens with two attached hydrogens (primary N) is 2. The minimum atomic E-state index is -1.61. The fraction of sp³-hybridized carbons (Fsp3) is 0.500. The molecule has 0 fully saturated rings. The molecule has 5 nitrogen and oxygen atoms in total. The van der Waals surface area contributed by atoms with Gasteiger partial charge in [-0.1, -0.05) is 0 Å². The van der Waals surface area contributed by atoms with Crippen molar-refractivity contribution >= 4 is 28.0 Å². The molecule has 2 aromatic rings. The minimum absolute atomic E-state index is 0.724. The Morgan fingerprint density at radius 1 is 0.710 bits per heavy atom. The second-order valence-corrected chi connectivity index (χ2v) is 18.3. The number of anilines is 2. The number of benzene rings is 2. The van der Waals surface area contributed by atoms with Crippen molar-refractivity contribution in [1.82, 2.24) is 0 Å². The van der Waals surface area contributed by atoms with Gasteiger partial charge in [0.1, 0.15) is 11.5 Å². The van der Waals surface area contributed by atoms with E-state index in [1.54, 1.807) is 0 Å². The molecule has 172 valence electrons. The zero-order valence-corrected chi connectivity index (χ0v) is 22.1. The Bertz CT molecular complexity index is 839. The van der Waals surface area contributed by atoms with Crippen LogP contribution in [0.1, 0.15) is 24.0 Å². The Kier molecular flexibility index (Phi) is 9.18. The van der Waals surface area contributed by atoms with Gasteiger partial charge in [0, 0.05) is 31.2 Å². The molecule has 0 saturated carbocycles. The number of ether oxygens (including phenoxy) is 1. The van der Waals surface area contributed by atoms with E-state index in [1.165, 1.54) is 11.1 Å². The first kappa shape index (κ1) is 25.5. The third-order valence-corrected chi connectivity index (χ3v) is 11.4. The first-order chi connectivity index (χ1) is 14.6. The van der Waals surface area contributed by atoms with Crippen molar-refractivity contribution in [2.75, 3.05) is 25.7 Å². The smallest absolute Gasteiger partial charge is 0.186 e. The molecule has 0 amide bonds. The maximum absolute atomic E-state index is 6.46. The summed E-state index contributed by atoms with van der Waals surface area (Å²) in [7, 11) is 0.449. The maximum atomic E-state index is 6.46. The highest BCUT2D eigenvalue weighted by Gasteiger charge is 2.23. The molecule has 0 aliphatic rings. The normalized spacial score (nSPS) is 12.2. The Morgan fingerprint density at radius 3 is 1.74 bits per heavy atom. The van der Waals surface area contributed by atoms with Gasteiger partial charge in [-0.25, -0.2) is 0 Å². The number of hydrogen-bond acceptors (Lipinski definition) is 5. The van der Waals surface area contributed by atoms with E-state index in [0.29, 0.717) is 0 Å². The molecule has 31 heavy (non-hydrogen) atoms. The number of nitrogen functional groups attached to an aromatic ring is 2. The fourth-order valence-electron chi connectivity index (χ4n) is 3.60. The fourth-order valence-corrected chi connectivity index (χ4v) is 6.07. The van der Waals surface area contributed by atoms with E-state index < -0.39 is 16.6 Å². The molecule has 4 N–H and O–H groups in total. The highest BCUT2D eigenvalue weighted by molar-refractivity contribution is 6.71. The summed E-state index contributed by atoms with van der Waals surface area (Å²) in [6.07, 6.45) is 3.98. The van der Waals surface area contributed by atoms with E-state index in [2.05, 4.69) is 26.2 Å². The average molecular weight is 461 g/mol. The quantitative estimate of drug-likeness (QED) is 0.291. The minimum Gasteiger partial charge on any atom is -0.457 e. The van der Waals surface area contributed by atoms with E-state index in [1.807, 2.05) is 50.6 Å². The lowest BCUT2D eigenvalue weighted by atomic mass is 9.96. The lowest BCUT2D eigenvalue weighted by Gasteiger charge is -2.23. The highest BCUT2D eigenvalue weighted by Crippen LogP contribution is 2.34. The van der Waals surface area contributed by atoms with E-state index in [4.69, 9.17) is 25.1 Å². The van der Waals surface area contributed by atoms with Crippen molar-refractivity contribution < 1.29 is 13.6 Å². The standard InChI is InChI=1S/C24H40N2O3Si2/c1-27-30(3,4)17-7-9-21-22(10-8-18-31(5,6)28-2)24(16-15-23(21)26)29-20-13-11-19(25)12-14-20/h11-16H,7-10,17-18,25-26H2,1-6H3. The molecular formula is C24H40N2O3Si2. The lowest BCUT2D eigenvalue weighted by Crippen LogP contribution is -2.28. The maximum Gasteiger partial charge on any atom is 0.186 e. The van der Waals surface area contributed by atoms with Gasteiger partial charge in [-0.05, 0) is 106 Å². The molecule has 0 heterocycles. The van der Waals surface area contributed by atoms with Gasteiger partial charge in [-0.2, -0.15) is 0 Å². The largest absolute Gasteiger partial charge is 0.457 e. The van der Waals surface area contributed by atoms with Gasteiger partial charge >= 0.3 is 0 Å². The van der Waals surface area contributed by atoms with Crippen LogP contribution in [0.15, 0.2) is 36.4 Å². The van der Waals surface area contributed by atoms with Crippen molar-refractivity contribution in [3.8, 4) is 11.5 Å². The van der Waals surface area contributed by atoms with Crippen LogP contribution in [-0.4, -0.2) is 30.9 Å². The van der Waals surface area contributed by atoms with Crippen LogP contribution >= 0.6 is 0 Å². The van der Waals surface area contributed by atoms with Crippen molar-refractivity contribution in [1.29, 1.82) is 0 Å². The topological polar surface area (TPSA) is 79.7 Å². The van der Waals surface area contributed by atoms with Crippen LogP contribution in [-0.2, 0) is 21.7 Å².